The minimum atomic E-state index is -5.99. The molecule has 0 amide bonds. The third-order valence-corrected chi connectivity index (χ3v) is 8.80. The van der Waals surface area contributed by atoms with E-state index >= 15 is 0 Å². The molecule has 38 heavy (non-hydrogen) atoms. The summed E-state index contributed by atoms with van der Waals surface area (Å²) < 4.78 is 95.2. The van der Waals surface area contributed by atoms with E-state index in [1.54, 1.807) is 27.6 Å². The first kappa shape index (κ1) is 30.0. The maximum absolute atomic E-state index is 13.3. The first-order valence-electron chi connectivity index (χ1n) is 11.2. The van der Waals surface area contributed by atoms with Crippen molar-refractivity contribution < 1.29 is 35.7 Å². The molecule has 0 radical (unpaired) electrons. The molecule has 2 heterocycles. The highest BCUT2D eigenvalue weighted by molar-refractivity contribution is 8.15. The molecule has 0 aliphatic carbocycles. The van der Waals surface area contributed by atoms with E-state index in [1.807, 2.05) is 0 Å². The van der Waals surface area contributed by atoms with E-state index in [0.29, 0.717) is 27.6 Å². The van der Waals surface area contributed by atoms with Gasteiger partial charge >= 0.3 is 12.4 Å². The maximum Gasteiger partial charge on any atom is 0.430 e. The maximum atomic E-state index is 13.3. The van der Waals surface area contributed by atoms with Crippen LogP contribution in [0.4, 0.5) is 32.0 Å². The molecule has 1 aliphatic heterocycles. The number of hydrogen-bond acceptors (Lipinski definition) is 5. The molecule has 1 aromatic carbocycles. The largest absolute Gasteiger partial charge is 0.430 e. The Kier molecular flexibility index (Phi) is 9.22. The number of rotatable bonds is 8. The van der Waals surface area contributed by atoms with Crippen LogP contribution in [-0.4, -0.2) is 62.9 Å². The van der Waals surface area contributed by atoms with Crippen molar-refractivity contribution in [3.05, 3.63) is 87.0 Å². The van der Waals surface area contributed by atoms with E-state index < -0.39 is 40.5 Å². The number of H-pyrrole nitrogens is 1. The molecule has 3 rings (SSSR count). The Morgan fingerprint density at radius 1 is 1.16 bits per heavy atom. The van der Waals surface area contributed by atoms with Crippen LogP contribution in [0.15, 0.2) is 70.4 Å². The van der Waals surface area contributed by atoms with Crippen molar-refractivity contribution in [2.24, 2.45) is 0 Å². The topological polar surface area (TPSA) is 76.6 Å². The molecular weight excluding hydrogens is 556 g/mol. The monoisotopic (exact) mass is 581 g/mol. The lowest BCUT2D eigenvalue weighted by atomic mass is 9.92. The number of alkyl halides is 6. The average Bonchev–Trinajstić information content (AvgIpc) is 2.85. The number of nitrogens with one attached hydrogen (secondary N) is 1. The molecule has 1 aromatic heterocycles. The summed E-state index contributed by atoms with van der Waals surface area (Å²) in [7, 11) is -1.53. The quantitative estimate of drug-likeness (QED) is 0.356. The van der Waals surface area contributed by atoms with Gasteiger partial charge in [0.05, 0.1) is 4.24 Å². The number of benzene rings is 1. The van der Waals surface area contributed by atoms with Gasteiger partial charge in [-0.1, -0.05) is 24.8 Å². The summed E-state index contributed by atoms with van der Waals surface area (Å²) in [6.45, 7) is 4.38. The van der Waals surface area contributed by atoms with Crippen LogP contribution in [0, 0.1) is 0 Å². The molecular formula is C24H25F6N3O3S2. The molecule has 14 heteroatoms. The molecule has 2 unspecified atom stereocenters. The van der Waals surface area contributed by atoms with Crippen LogP contribution in [0.25, 0.3) is 0 Å². The number of nitrogens with zero attached hydrogens (tertiary/aromatic N) is 2. The van der Waals surface area contributed by atoms with Crippen LogP contribution in [0.1, 0.15) is 11.1 Å². The summed E-state index contributed by atoms with van der Waals surface area (Å²) in [4.78, 5) is 16.1. The van der Waals surface area contributed by atoms with Crippen molar-refractivity contribution in [2.75, 3.05) is 30.8 Å². The van der Waals surface area contributed by atoms with Gasteiger partial charge in [-0.3, -0.25) is 4.79 Å². The fourth-order valence-corrected chi connectivity index (χ4v) is 6.32. The number of aromatic amines is 1. The van der Waals surface area contributed by atoms with Crippen molar-refractivity contribution in [1.29, 1.82) is 0 Å². The Labute approximate surface area is 221 Å². The summed E-state index contributed by atoms with van der Waals surface area (Å²) >= 11 is 1.29. The fourth-order valence-electron chi connectivity index (χ4n) is 4.18. The average molecular weight is 582 g/mol. The second-order valence-electron chi connectivity index (χ2n) is 8.43. The smallest absolute Gasteiger partial charge is 0.369 e. The highest BCUT2D eigenvalue weighted by Crippen LogP contribution is 2.50. The van der Waals surface area contributed by atoms with Crippen LogP contribution < -0.4 is 10.5 Å². The molecule has 1 fully saturated rings. The molecule has 1 aliphatic rings. The zero-order valence-corrected chi connectivity index (χ0v) is 21.7. The minimum Gasteiger partial charge on any atom is -0.369 e. The van der Waals surface area contributed by atoms with Crippen molar-refractivity contribution in [2.45, 2.75) is 30.4 Å². The van der Waals surface area contributed by atoms with Crippen LogP contribution >= 0.6 is 11.8 Å². The summed E-state index contributed by atoms with van der Waals surface area (Å²) in [6.07, 6.45) is -5.32. The van der Waals surface area contributed by atoms with Crippen LogP contribution in [-0.2, 0) is 23.0 Å². The van der Waals surface area contributed by atoms with Crippen molar-refractivity contribution >= 4 is 28.4 Å². The summed E-state index contributed by atoms with van der Waals surface area (Å²) in [5.41, 5.74) is -5.77. The number of aliphatic hydroxyl groups is 1. The molecule has 2 atom stereocenters. The minimum absolute atomic E-state index is 0.227. The van der Waals surface area contributed by atoms with Crippen LogP contribution in [0.5, 0.6) is 0 Å². The van der Waals surface area contributed by atoms with Gasteiger partial charge in [-0.25, -0.2) is 8.51 Å². The second-order valence-corrected chi connectivity index (χ2v) is 11.0. The Hall–Kier alpha value is -2.55. The van der Waals surface area contributed by atoms with E-state index in [1.165, 1.54) is 30.1 Å². The molecule has 2 N–H and O–H groups in total. The predicted octanol–water partition coefficient (Wildman–Crippen LogP) is 4.47. The Morgan fingerprint density at radius 3 is 2.32 bits per heavy atom. The fraction of sp³-hybridized carbons (Fsp3) is 0.375. The molecule has 0 saturated carbocycles. The number of hydrogen-bond donors (Lipinski definition) is 2. The van der Waals surface area contributed by atoms with E-state index in [2.05, 4.69) is 11.6 Å². The SMILES string of the molecule is C=C/C=C(\SC)S(=O)N1CCN(c2ccc(C(O)(C(F)(F)F)C(F)(F)F)cc2)C(Cc2cc[nH]c(=O)c2)C1. The Morgan fingerprint density at radius 2 is 1.79 bits per heavy atom. The lowest BCUT2D eigenvalue weighted by Gasteiger charge is -2.42. The molecule has 0 spiro atoms. The van der Waals surface area contributed by atoms with Crippen molar-refractivity contribution in [3.8, 4) is 0 Å². The Balaban J connectivity index is 1.96. The van der Waals surface area contributed by atoms with Gasteiger partial charge in [0.15, 0.2) is 0 Å². The summed E-state index contributed by atoms with van der Waals surface area (Å²) in [6, 6.07) is 6.00. The van der Waals surface area contributed by atoms with Crippen molar-refractivity contribution in [1.82, 2.24) is 9.29 Å². The van der Waals surface area contributed by atoms with E-state index in [-0.39, 0.29) is 31.6 Å². The molecule has 0 bridgehead atoms. The van der Waals surface area contributed by atoms with Gasteiger partial charge in [0.1, 0.15) is 11.0 Å². The van der Waals surface area contributed by atoms with Crippen LogP contribution in [0.2, 0.25) is 0 Å². The number of anilines is 1. The van der Waals surface area contributed by atoms with Gasteiger partial charge in [0.25, 0.3) is 5.60 Å². The van der Waals surface area contributed by atoms with Crippen LogP contribution in [0.3, 0.4) is 0 Å². The van der Waals surface area contributed by atoms with Gasteiger partial charge in [-0.05, 0) is 42.5 Å². The number of thioether (sulfide) groups is 1. The second kappa shape index (κ2) is 11.7. The van der Waals surface area contributed by atoms with Gasteiger partial charge in [-0.2, -0.15) is 26.3 Å². The van der Waals surface area contributed by atoms with E-state index in [9.17, 15) is 40.5 Å². The number of halogens is 6. The van der Waals surface area contributed by atoms with Gasteiger partial charge in [0, 0.05) is 49.2 Å². The first-order chi connectivity index (χ1) is 17.7. The third-order valence-electron chi connectivity index (χ3n) is 6.06. The first-order valence-corrected chi connectivity index (χ1v) is 13.5. The molecule has 6 nitrogen and oxygen atoms in total. The van der Waals surface area contributed by atoms with Gasteiger partial charge in [-0.15, -0.1) is 11.8 Å². The van der Waals surface area contributed by atoms with Gasteiger partial charge in [0.2, 0.25) is 5.56 Å². The number of allylic oxidation sites excluding steroid dienone is 2. The molecule has 208 valence electrons. The highest BCUT2D eigenvalue weighted by atomic mass is 32.2. The lowest BCUT2D eigenvalue weighted by Crippen LogP contribution is -2.55. The predicted molar refractivity (Wildman–Crippen MR) is 136 cm³/mol. The number of aromatic nitrogens is 1. The van der Waals surface area contributed by atoms with E-state index in [4.69, 9.17) is 0 Å². The molecule has 2 aromatic rings. The summed E-state index contributed by atoms with van der Waals surface area (Å²) in [5, 5.41) is 9.69. The zero-order valence-electron chi connectivity index (χ0n) is 20.1. The van der Waals surface area contributed by atoms with Gasteiger partial charge < -0.3 is 15.0 Å². The highest BCUT2D eigenvalue weighted by Gasteiger charge is 2.71. The standard InChI is InChI=1S/C24H25F6N3O3S2/c1-3-4-21(37-2)38(36)32-11-12-33(19(15-32)13-16-9-10-31-20(34)14-16)18-7-5-17(6-8-18)22(35,23(25,26)27)24(28,29)30/h3-10,14,19,35H,1,11-13,15H2,2H3,(H,31,34)/b21-4+. The zero-order chi connectivity index (χ0) is 28.3. The molecule has 1 saturated heterocycles. The van der Waals surface area contributed by atoms with E-state index in [0.717, 1.165) is 12.1 Å². The summed E-state index contributed by atoms with van der Waals surface area (Å²) in [5.74, 6) is 0. The number of piperazine rings is 1. The third kappa shape index (κ3) is 6.19. The number of pyridine rings is 1. The van der Waals surface area contributed by atoms with Crippen molar-refractivity contribution in [3.63, 3.8) is 0 Å². The lowest BCUT2D eigenvalue weighted by molar-refractivity contribution is -0.376. The normalized spacial score (nSPS) is 18.9. The Bertz CT molecular complexity index is 1230.